The zero-order valence-electron chi connectivity index (χ0n) is 17.9. The fourth-order valence-corrected chi connectivity index (χ4v) is 6.60. The molecule has 9 nitrogen and oxygen atoms in total. The van der Waals surface area contributed by atoms with Gasteiger partial charge in [-0.2, -0.15) is 12.7 Å². The Labute approximate surface area is 192 Å². The predicted octanol–water partition coefficient (Wildman–Crippen LogP) is 1.13. The van der Waals surface area contributed by atoms with Gasteiger partial charge in [0.05, 0.1) is 11.4 Å². The van der Waals surface area contributed by atoms with E-state index in [0.29, 0.717) is 18.5 Å². The lowest BCUT2D eigenvalue weighted by atomic mass is 10.2. The summed E-state index contributed by atoms with van der Waals surface area (Å²) < 4.78 is 68.6. The van der Waals surface area contributed by atoms with Gasteiger partial charge in [0, 0.05) is 38.8 Å². The molecule has 0 N–H and O–H groups in total. The lowest BCUT2D eigenvalue weighted by molar-refractivity contribution is -0.131. The van der Waals surface area contributed by atoms with Gasteiger partial charge < -0.3 is 9.80 Å². The van der Waals surface area contributed by atoms with E-state index in [-0.39, 0.29) is 47.7 Å². The predicted molar refractivity (Wildman–Crippen MR) is 119 cm³/mol. The third-order valence-electron chi connectivity index (χ3n) is 5.61. The van der Waals surface area contributed by atoms with Gasteiger partial charge in [0.1, 0.15) is 10.7 Å². The molecule has 2 aliphatic rings. The molecular formula is C21H23FN4O5S2. The van der Waals surface area contributed by atoms with Crippen molar-refractivity contribution in [3.63, 3.8) is 0 Å². The smallest absolute Gasteiger partial charge is 0.285 e. The summed E-state index contributed by atoms with van der Waals surface area (Å²) in [4.78, 5) is 16.1. The lowest BCUT2D eigenvalue weighted by Crippen LogP contribution is -2.43. The van der Waals surface area contributed by atoms with Crippen LogP contribution in [0.1, 0.15) is 12.0 Å². The third kappa shape index (κ3) is 4.63. The van der Waals surface area contributed by atoms with Crippen LogP contribution < -0.4 is 0 Å². The summed E-state index contributed by atoms with van der Waals surface area (Å²) in [6.45, 7) is 0.788. The Morgan fingerprint density at radius 2 is 1.76 bits per heavy atom. The number of carbonyl (C=O) groups is 1. The highest BCUT2D eigenvalue weighted by atomic mass is 32.2. The van der Waals surface area contributed by atoms with Crippen molar-refractivity contribution in [2.45, 2.75) is 16.2 Å². The van der Waals surface area contributed by atoms with Crippen molar-refractivity contribution in [3.05, 3.63) is 59.9 Å². The maximum absolute atomic E-state index is 13.2. The molecule has 0 aromatic heterocycles. The molecule has 176 valence electrons. The number of carbonyl (C=O) groups excluding carboxylic acids is 1. The van der Waals surface area contributed by atoms with E-state index in [2.05, 4.69) is 4.40 Å². The molecule has 2 aliphatic heterocycles. The SMILES string of the molecule is CN(CC(=O)N1CCCN(S(=O)(=O)c2ccc(F)cc2)CC1)C1=NS(=O)(=O)c2ccccc21. The molecular weight excluding hydrogens is 471 g/mol. The van der Waals surface area contributed by atoms with Crippen molar-refractivity contribution in [2.75, 3.05) is 39.8 Å². The first-order valence-corrected chi connectivity index (χ1v) is 13.2. The molecule has 0 radical (unpaired) electrons. The van der Waals surface area contributed by atoms with Crippen molar-refractivity contribution in [1.29, 1.82) is 0 Å². The standard InChI is InChI=1S/C21H23FN4O5S2/c1-24(21-18-5-2-3-6-19(18)32(28,29)23-21)15-20(27)25-11-4-12-26(14-13-25)33(30,31)17-9-7-16(22)8-10-17/h2-3,5-10H,4,11-15H2,1H3. The van der Waals surface area contributed by atoms with E-state index < -0.39 is 25.9 Å². The van der Waals surface area contributed by atoms with E-state index in [1.54, 1.807) is 30.1 Å². The minimum atomic E-state index is -3.80. The van der Waals surface area contributed by atoms with E-state index in [1.165, 1.54) is 27.4 Å². The van der Waals surface area contributed by atoms with Crippen LogP contribution in [0.15, 0.2) is 62.7 Å². The number of rotatable bonds is 4. The van der Waals surface area contributed by atoms with Crippen LogP contribution in [0.3, 0.4) is 0 Å². The molecule has 0 bridgehead atoms. The van der Waals surface area contributed by atoms with Gasteiger partial charge in [0.25, 0.3) is 10.0 Å². The van der Waals surface area contributed by atoms with Crippen LogP contribution >= 0.6 is 0 Å². The number of amidine groups is 1. The van der Waals surface area contributed by atoms with Gasteiger partial charge in [0.15, 0.2) is 5.84 Å². The minimum Gasteiger partial charge on any atom is -0.349 e. The average molecular weight is 495 g/mol. The van der Waals surface area contributed by atoms with Gasteiger partial charge >= 0.3 is 0 Å². The molecule has 0 atom stereocenters. The largest absolute Gasteiger partial charge is 0.349 e. The van der Waals surface area contributed by atoms with Gasteiger partial charge in [-0.3, -0.25) is 4.79 Å². The third-order valence-corrected chi connectivity index (χ3v) is 8.84. The molecule has 1 fully saturated rings. The van der Waals surface area contributed by atoms with Crippen LogP contribution in [0.2, 0.25) is 0 Å². The Bertz CT molecular complexity index is 1310. The number of benzene rings is 2. The van der Waals surface area contributed by atoms with Crippen molar-refractivity contribution in [2.24, 2.45) is 4.40 Å². The van der Waals surface area contributed by atoms with Crippen LogP contribution in [0.5, 0.6) is 0 Å². The molecule has 2 heterocycles. The molecule has 2 aromatic carbocycles. The monoisotopic (exact) mass is 494 g/mol. The highest BCUT2D eigenvalue weighted by Crippen LogP contribution is 2.27. The Balaban J connectivity index is 1.43. The molecule has 1 amide bonds. The molecule has 4 rings (SSSR count). The second-order valence-electron chi connectivity index (χ2n) is 7.83. The summed E-state index contributed by atoms with van der Waals surface area (Å²) in [6, 6.07) is 11.1. The second kappa shape index (κ2) is 8.84. The van der Waals surface area contributed by atoms with Crippen LogP contribution in [0.25, 0.3) is 0 Å². The quantitative estimate of drug-likeness (QED) is 0.631. The molecule has 12 heteroatoms. The van der Waals surface area contributed by atoms with Gasteiger partial charge in [-0.1, -0.05) is 12.1 Å². The van der Waals surface area contributed by atoms with Gasteiger partial charge in [-0.25, -0.2) is 12.8 Å². The second-order valence-corrected chi connectivity index (χ2v) is 11.3. The Morgan fingerprint density at radius 1 is 1.06 bits per heavy atom. The van der Waals surface area contributed by atoms with Gasteiger partial charge in [0.2, 0.25) is 15.9 Å². The van der Waals surface area contributed by atoms with Crippen LogP contribution in [0, 0.1) is 5.82 Å². The van der Waals surface area contributed by atoms with Crippen molar-refractivity contribution < 1.29 is 26.0 Å². The van der Waals surface area contributed by atoms with Crippen molar-refractivity contribution in [3.8, 4) is 0 Å². The Hall–Kier alpha value is -2.83. The fraction of sp³-hybridized carbons (Fsp3) is 0.333. The highest BCUT2D eigenvalue weighted by Gasteiger charge is 2.32. The maximum Gasteiger partial charge on any atom is 0.285 e. The first-order chi connectivity index (χ1) is 15.6. The Kier molecular flexibility index (Phi) is 6.25. The number of hydrogen-bond acceptors (Lipinski definition) is 6. The summed E-state index contributed by atoms with van der Waals surface area (Å²) in [5.74, 6) is -0.578. The topological polar surface area (TPSA) is 107 Å². The van der Waals surface area contributed by atoms with Crippen LogP contribution in [0.4, 0.5) is 4.39 Å². The lowest BCUT2D eigenvalue weighted by Gasteiger charge is -2.25. The average Bonchev–Trinajstić information content (AvgIpc) is 2.93. The summed E-state index contributed by atoms with van der Waals surface area (Å²) >= 11 is 0. The molecule has 2 aromatic rings. The van der Waals surface area contributed by atoms with Crippen molar-refractivity contribution >= 4 is 31.8 Å². The summed E-state index contributed by atoms with van der Waals surface area (Å²) in [5.41, 5.74) is 0.445. The number of nitrogens with zero attached hydrogens (tertiary/aromatic N) is 4. The van der Waals surface area contributed by atoms with Gasteiger partial charge in [-0.05, 0) is 42.8 Å². The maximum atomic E-state index is 13.2. The first-order valence-electron chi connectivity index (χ1n) is 10.3. The van der Waals surface area contributed by atoms with E-state index >= 15 is 0 Å². The molecule has 0 aliphatic carbocycles. The normalized spacial score (nSPS) is 18.4. The zero-order chi connectivity index (χ0) is 23.8. The molecule has 0 unspecified atom stereocenters. The van der Waals surface area contributed by atoms with E-state index in [9.17, 15) is 26.0 Å². The van der Waals surface area contributed by atoms with Crippen molar-refractivity contribution in [1.82, 2.24) is 14.1 Å². The number of fused-ring (bicyclic) bond motifs is 1. The van der Waals surface area contributed by atoms with Crippen LogP contribution in [-0.2, 0) is 24.8 Å². The molecule has 0 spiro atoms. The fourth-order valence-electron chi connectivity index (χ4n) is 3.88. The molecule has 33 heavy (non-hydrogen) atoms. The van der Waals surface area contributed by atoms with Gasteiger partial charge in [-0.15, -0.1) is 4.40 Å². The van der Waals surface area contributed by atoms with E-state index in [1.807, 2.05) is 0 Å². The molecule has 1 saturated heterocycles. The molecule has 0 saturated carbocycles. The minimum absolute atomic E-state index is 0.00234. The number of hydrogen-bond donors (Lipinski definition) is 0. The van der Waals surface area contributed by atoms with E-state index in [0.717, 1.165) is 12.1 Å². The number of amides is 1. The zero-order valence-corrected chi connectivity index (χ0v) is 19.5. The number of sulfonamides is 2. The summed E-state index contributed by atoms with van der Waals surface area (Å²) in [7, 11) is -6.00. The summed E-state index contributed by atoms with van der Waals surface area (Å²) in [5, 5.41) is 0. The summed E-state index contributed by atoms with van der Waals surface area (Å²) in [6.07, 6.45) is 0.439. The first kappa shape index (κ1) is 23.3. The van der Waals surface area contributed by atoms with E-state index in [4.69, 9.17) is 0 Å². The Morgan fingerprint density at radius 3 is 2.48 bits per heavy atom. The number of likely N-dealkylation sites (N-methyl/N-ethyl adjacent to an activating group) is 1. The number of halogens is 1. The van der Waals surface area contributed by atoms with Crippen LogP contribution in [-0.4, -0.2) is 82.5 Å². The highest BCUT2D eigenvalue weighted by molar-refractivity contribution is 7.90.